The molecule has 0 spiro atoms. The highest BCUT2D eigenvalue weighted by molar-refractivity contribution is 7.25. The Morgan fingerprint density at radius 2 is 1.14 bits per heavy atom. The first-order valence-electron chi connectivity index (χ1n) is 19.6. The van der Waals surface area contributed by atoms with E-state index in [1.165, 1.54) is 36.3 Å². The average Bonchev–Trinajstić information content (AvgIpc) is 3.86. The molecule has 11 aromatic rings. The van der Waals surface area contributed by atoms with Crippen LogP contribution >= 0.6 is 11.3 Å². The molecule has 1 unspecified atom stereocenters. The van der Waals surface area contributed by atoms with Gasteiger partial charge in [0.1, 0.15) is 23.2 Å². The molecule has 0 saturated heterocycles. The van der Waals surface area contributed by atoms with Crippen molar-refractivity contribution in [2.24, 2.45) is 9.98 Å². The highest BCUT2D eigenvalue weighted by Gasteiger charge is 2.23. The van der Waals surface area contributed by atoms with Crippen molar-refractivity contribution in [3.05, 3.63) is 205 Å². The third-order valence-corrected chi connectivity index (χ3v) is 12.7. The van der Waals surface area contributed by atoms with Gasteiger partial charge in [-0.2, -0.15) is 0 Å². The number of hydrogen-bond acceptors (Lipinski definition) is 5. The Morgan fingerprint density at radius 1 is 0.466 bits per heavy atom. The van der Waals surface area contributed by atoms with Gasteiger partial charge in [-0.05, 0) is 86.3 Å². The summed E-state index contributed by atoms with van der Waals surface area (Å²) in [7, 11) is 0. The second-order valence-corrected chi connectivity index (χ2v) is 16.1. The predicted octanol–water partition coefficient (Wildman–Crippen LogP) is 14.1. The molecule has 0 aliphatic carbocycles. The molecular weight excluding hydrogens is 727 g/mol. The van der Waals surface area contributed by atoms with Crippen molar-refractivity contribution in [2.75, 3.05) is 0 Å². The molecule has 1 aliphatic rings. The number of thiophene rings is 1. The zero-order valence-corrected chi connectivity index (χ0v) is 32.0. The van der Waals surface area contributed by atoms with Crippen LogP contribution in [0.2, 0.25) is 0 Å². The topological polar surface area (TPSA) is 49.9 Å². The van der Waals surface area contributed by atoms with Gasteiger partial charge in [-0.25, -0.2) is 9.98 Å². The number of aliphatic imine (C=N–C) groups is 2. The van der Waals surface area contributed by atoms with Crippen LogP contribution in [-0.4, -0.2) is 11.7 Å². The Balaban J connectivity index is 0.971. The molecule has 272 valence electrons. The minimum Gasteiger partial charge on any atom is -0.455 e. The van der Waals surface area contributed by atoms with Crippen molar-refractivity contribution in [3.63, 3.8) is 0 Å². The Labute approximate surface area is 338 Å². The van der Waals surface area contributed by atoms with Crippen LogP contribution in [0.5, 0.6) is 0 Å². The molecular formula is C53H33N3OS. The molecule has 0 fully saturated rings. The SMILES string of the molecule is c1ccc(C2=NC(c3ccc4sc5ccccc5c4c3)NC(c3ccc(-c4ccc(-c5ccc6ccccc6c5)c5oc6cc7ccccc7cc6c45)cc3)=N2)cc1. The molecule has 1 atom stereocenters. The monoisotopic (exact) mass is 759 g/mol. The molecule has 12 rings (SSSR count). The number of furan rings is 1. The van der Waals surface area contributed by atoms with E-state index in [2.05, 4.69) is 175 Å². The van der Waals surface area contributed by atoms with Crippen LogP contribution in [0.25, 0.3) is 85.9 Å². The van der Waals surface area contributed by atoms with E-state index in [-0.39, 0.29) is 6.17 Å². The molecule has 5 heteroatoms. The lowest BCUT2D eigenvalue weighted by atomic mass is 9.93. The van der Waals surface area contributed by atoms with Crippen LogP contribution in [0.15, 0.2) is 202 Å². The van der Waals surface area contributed by atoms with Gasteiger partial charge in [-0.15, -0.1) is 11.3 Å². The fraction of sp³-hybridized carbons (Fsp3) is 0.0189. The Bertz CT molecular complexity index is 3490. The highest BCUT2D eigenvalue weighted by Crippen LogP contribution is 2.43. The summed E-state index contributed by atoms with van der Waals surface area (Å²) in [6.45, 7) is 0. The fourth-order valence-electron chi connectivity index (χ4n) is 8.59. The van der Waals surface area contributed by atoms with Gasteiger partial charge in [0.2, 0.25) is 0 Å². The van der Waals surface area contributed by atoms with E-state index in [1.807, 2.05) is 29.5 Å². The second-order valence-electron chi connectivity index (χ2n) is 15.0. The Hall–Kier alpha value is -7.34. The number of amidine groups is 2. The van der Waals surface area contributed by atoms with Crippen LogP contribution < -0.4 is 5.32 Å². The zero-order chi connectivity index (χ0) is 38.2. The lowest BCUT2D eigenvalue weighted by molar-refractivity contribution is 0.670. The van der Waals surface area contributed by atoms with Crippen LogP contribution in [-0.2, 0) is 0 Å². The van der Waals surface area contributed by atoms with Crippen LogP contribution in [0, 0.1) is 0 Å². The lowest BCUT2D eigenvalue weighted by Gasteiger charge is -2.24. The van der Waals surface area contributed by atoms with Crippen molar-refractivity contribution in [1.82, 2.24) is 5.32 Å². The number of nitrogens with one attached hydrogen (secondary N) is 1. The molecule has 0 bridgehead atoms. The van der Waals surface area contributed by atoms with Gasteiger partial charge in [0, 0.05) is 47.6 Å². The van der Waals surface area contributed by atoms with E-state index < -0.39 is 0 Å². The smallest absolute Gasteiger partial charge is 0.159 e. The maximum Gasteiger partial charge on any atom is 0.159 e. The minimum atomic E-state index is -0.306. The summed E-state index contributed by atoms with van der Waals surface area (Å²) in [6.07, 6.45) is -0.306. The largest absolute Gasteiger partial charge is 0.455 e. The summed E-state index contributed by atoms with van der Waals surface area (Å²) in [5.41, 5.74) is 9.29. The summed E-state index contributed by atoms with van der Waals surface area (Å²) < 4.78 is 9.42. The van der Waals surface area contributed by atoms with Crippen molar-refractivity contribution in [3.8, 4) is 22.3 Å². The van der Waals surface area contributed by atoms with E-state index in [0.717, 1.165) is 72.1 Å². The molecule has 0 saturated carbocycles. The van der Waals surface area contributed by atoms with Gasteiger partial charge in [-0.3, -0.25) is 0 Å². The first-order valence-corrected chi connectivity index (χ1v) is 20.4. The van der Waals surface area contributed by atoms with Crippen molar-refractivity contribution >= 4 is 86.7 Å². The number of fused-ring (bicyclic) bond motifs is 8. The third kappa shape index (κ3) is 5.43. The molecule has 1 N–H and O–H groups in total. The standard InChI is InChI=1S/C53H33N3OS/c1-2-11-34(12-3-1)51-54-52(56-53(55-51)40-24-27-48-44(30-40)43-16-8-9-17-47(43)58-48)35-21-19-33(20-22-35)41-25-26-42(39-23-18-32-10-4-5-13-36(32)28-39)50-49(41)45-29-37-14-6-7-15-38(37)31-46(45)57-50/h1-31,53H,(H,54,55,56). The van der Waals surface area contributed by atoms with Gasteiger partial charge in [0.05, 0.1) is 0 Å². The first kappa shape index (κ1) is 32.9. The van der Waals surface area contributed by atoms with E-state index in [9.17, 15) is 0 Å². The summed E-state index contributed by atoms with van der Waals surface area (Å²) in [5.74, 6) is 1.50. The number of nitrogens with zero attached hydrogens (tertiary/aromatic N) is 2. The summed E-state index contributed by atoms with van der Waals surface area (Å²) in [5, 5.41) is 13.2. The minimum absolute atomic E-state index is 0.306. The summed E-state index contributed by atoms with van der Waals surface area (Å²) >= 11 is 1.83. The van der Waals surface area contributed by atoms with Gasteiger partial charge in [0.15, 0.2) is 5.84 Å². The van der Waals surface area contributed by atoms with E-state index in [4.69, 9.17) is 14.4 Å². The van der Waals surface area contributed by atoms with Crippen LogP contribution in [0.1, 0.15) is 22.9 Å². The van der Waals surface area contributed by atoms with E-state index in [0.29, 0.717) is 5.84 Å². The normalized spacial score (nSPS) is 14.4. The van der Waals surface area contributed by atoms with E-state index >= 15 is 0 Å². The zero-order valence-electron chi connectivity index (χ0n) is 31.2. The van der Waals surface area contributed by atoms with Crippen molar-refractivity contribution in [1.29, 1.82) is 0 Å². The summed E-state index contributed by atoms with van der Waals surface area (Å²) in [6, 6.07) is 66.9. The first-order chi connectivity index (χ1) is 28.7. The van der Waals surface area contributed by atoms with Crippen molar-refractivity contribution < 1.29 is 4.42 Å². The van der Waals surface area contributed by atoms with Gasteiger partial charge in [-0.1, -0.05) is 146 Å². The van der Waals surface area contributed by atoms with Crippen LogP contribution in [0.3, 0.4) is 0 Å². The molecule has 3 heterocycles. The van der Waals surface area contributed by atoms with E-state index in [1.54, 1.807) is 0 Å². The van der Waals surface area contributed by atoms with Crippen molar-refractivity contribution in [2.45, 2.75) is 6.17 Å². The maximum atomic E-state index is 6.85. The maximum absolute atomic E-state index is 6.85. The molecule has 9 aromatic carbocycles. The second kappa shape index (κ2) is 13.1. The van der Waals surface area contributed by atoms with Gasteiger partial charge in [0.25, 0.3) is 0 Å². The molecule has 1 aliphatic heterocycles. The Kier molecular flexibility index (Phi) is 7.43. The number of rotatable bonds is 5. The molecule has 58 heavy (non-hydrogen) atoms. The number of hydrogen-bond donors (Lipinski definition) is 1. The van der Waals surface area contributed by atoms with Gasteiger partial charge < -0.3 is 9.73 Å². The predicted molar refractivity (Wildman–Crippen MR) is 244 cm³/mol. The molecule has 2 aromatic heterocycles. The summed E-state index contributed by atoms with van der Waals surface area (Å²) in [4.78, 5) is 10.3. The Morgan fingerprint density at radius 3 is 1.98 bits per heavy atom. The lowest BCUT2D eigenvalue weighted by Crippen LogP contribution is -2.33. The van der Waals surface area contributed by atoms with Crippen LogP contribution in [0.4, 0.5) is 0 Å². The quantitative estimate of drug-likeness (QED) is 0.190. The van der Waals surface area contributed by atoms with Gasteiger partial charge >= 0.3 is 0 Å². The fourth-order valence-corrected chi connectivity index (χ4v) is 9.68. The molecule has 4 nitrogen and oxygen atoms in total. The third-order valence-electron chi connectivity index (χ3n) is 11.5. The average molecular weight is 760 g/mol. The molecule has 0 radical (unpaired) electrons. The number of benzene rings is 9. The molecule has 0 amide bonds. The highest BCUT2D eigenvalue weighted by atomic mass is 32.1.